The summed E-state index contributed by atoms with van der Waals surface area (Å²) < 4.78 is 2.33. The number of benzene rings is 1. The molecule has 0 bridgehead atoms. The number of halogens is 2. The first kappa shape index (κ1) is 13.0. The molecule has 0 saturated carbocycles. The predicted molar refractivity (Wildman–Crippen MR) is 71.7 cm³/mol. The normalized spacial score (nSPS) is 10.6. The van der Waals surface area contributed by atoms with Gasteiger partial charge in [0.1, 0.15) is 4.47 Å². The Morgan fingerprint density at radius 1 is 1.50 bits per heavy atom. The second-order valence-corrected chi connectivity index (χ2v) is 4.74. The van der Waals surface area contributed by atoms with E-state index >= 15 is 0 Å². The molecule has 0 saturated heterocycles. The number of hydrogen-bond acceptors (Lipinski definition) is 3. The van der Waals surface area contributed by atoms with Gasteiger partial charge in [0.25, 0.3) is 5.69 Å². The van der Waals surface area contributed by atoms with Crippen LogP contribution < -0.4 is 0 Å². The first-order valence-electron chi connectivity index (χ1n) is 5.10. The third-order valence-corrected chi connectivity index (χ3v) is 3.62. The van der Waals surface area contributed by atoms with Crippen LogP contribution in [0.1, 0.15) is 11.3 Å². The van der Waals surface area contributed by atoms with Gasteiger partial charge in [0.2, 0.25) is 0 Å². The van der Waals surface area contributed by atoms with Crippen LogP contribution in [0.5, 0.6) is 0 Å². The molecule has 5 nitrogen and oxygen atoms in total. The maximum atomic E-state index is 10.8. The van der Waals surface area contributed by atoms with E-state index in [-0.39, 0.29) is 5.69 Å². The molecule has 94 valence electrons. The number of nitro benzene ring substituents is 1. The SMILES string of the molecule is O=[N+]([O-])c1cccc(Cn2cnc(CCl)c2)c1Br. The number of hydrogen-bond donors (Lipinski definition) is 0. The highest BCUT2D eigenvalue weighted by Gasteiger charge is 2.14. The molecule has 0 aliphatic carbocycles. The summed E-state index contributed by atoms with van der Waals surface area (Å²) in [5, 5.41) is 10.8. The van der Waals surface area contributed by atoms with Crippen molar-refractivity contribution in [2.45, 2.75) is 12.4 Å². The van der Waals surface area contributed by atoms with E-state index < -0.39 is 4.92 Å². The largest absolute Gasteiger partial charge is 0.333 e. The summed E-state index contributed by atoms with van der Waals surface area (Å²) in [6, 6.07) is 4.96. The van der Waals surface area contributed by atoms with Crippen molar-refractivity contribution < 1.29 is 4.92 Å². The van der Waals surface area contributed by atoms with E-state index in [4.69, 9.17) is 11.6 Å². The number of nitrogens with zero attached hydrogens (tertiary/aromatic N) is 3. The smallest absolute Gasteiger partial charge is 0.283 e. The molecule has 0 fully saturated rings. The number of nitro groups is 1. The second kappa shape index (κ2) is 5.49. The zero-order valence-electron chi connectivity index (χ0n) is 9.22. The van der Waals surface area contributed by atoms with Crippen LogP contribution in [-0.4, -0.2) is 14.5 Å². The van der Waals surface area contributed by atoms with Crippen molar-refractivity contribution in [2.75, 3.05) is 0 Å². The van der Waals surface area contributed by atoms with Gasteiger partial charge in [-0.1, -0.05) is 12.1 Å². The molecule has 2 rings (SSSR count). The molecule has 0 atom stereocenters. The van der Waals surface area contributed by atoms with Gasteiger partial charge >= 0.3 is 0 Å². The van der Waals surface area contributed by atoms with E-state index in [9.17, 15) is 10.1 Å². The highest BCUT2D eigenvalue weighted by molar-refractivity contribution is 9.10. The summed E-state index contributed by atoms with van der Waals surface area (Å²) >= 11 is 8.93. The summed E-state index contributed by atoms with van der Waals surface area (Å²) in [7, 11) is 0. The van der Waals surface area contributed by atoms with Gasteiger partial charge in [0.05, 0.1) is 22.8 Å². The standard InChI is InChI=1S/C11H9BrClN3O2/c12-11-8(2-1-3-10(11)16(17)18)5-15-6-9(4-13)14-7-15/h1-3,6-7H,4-5H2. The molecule has 0 spiro atoms. The molecule has 18 heavy (non-hydrogen) atoms. The molecule has 2 aromatic rings. The minimum Gasteiger partial charge on any atom is -0.333 e. The molecule has 0 radical (unpaired) electrons. The number of imidazole rings is 1. The quantitative estimate of drug-likeness (QED) is 0.491. The van der Waals surface area contributed by atoms with E-state index in [0.29, 0.717) is 16.9 Å². The Labute approximate surface area is 117 Å². The molecule has 1 heterocycles. The van der Waals surface area contributed by atoms with Crippen molar-refractivity contribution in [3.05, 3.63) is 56.6 Å². The first-order chi connectivity index (χ1) is 8.61. The van der Waals surface area contributed by atoms with E-state index in [1.54, 1.807) is 12.4 Å². The summed E-state index contributed by atoms with van der Waals surface area (Å²) in [6.45, 7) is 0.506. The second-order valence-electron chi connectivity index (χ2n) is 3.68. The maximum absolute atomic E-state index is 10.8. The van der Waals surface area contributed by atoms with E-state index in [2.05, 4.69) is 20.9 Å². The zero-order valence-corrected chi connectivity index (χ0v) is 11.6. The Kier molecular flexibility index (Phi) is 3.98. The Hall–Kier alpha value is -1.40. The van der Waals surface area contributed by atoms with Crippen LogP contribution in [0.3, 0.4) is 0 Å². The lowest BCUT2D eigenvalue weighted by molar-refractivity contribution is -0.385. The van der Waals surface area contributed by atoms with Crippen LogP contribution in [-0.2, 0) is 12.4 Å². The Balaban J connectivity index is 2.29. The van der Waals surface area contributed by atoms with Crippen LogP contribution in [0.15, 0.2) is 35.2 Å². The molecule has 7 heteroatoms. The summed E-state index contributed by atoms with van der Waals surface area (Å²) in [5.74, 6) is 0.350. The van der Waals surface area contributed by atoms with Crippen molar-refractivity contribution in [1.82, 2.24) is 9.55 Å². The van der Waals surface area contributed by atoms with Gasteiger partial charge in [-0.2, -0.15) is 0 Å². The van der Waals surface area contributed by atoms with Gasteiger partial charge < -0.3 is 4.57 Å². The summed E-state index contributed by atoms with van der Waals surface area (Å²) in [6.07, 6.45) is 3.47. The first-order valence-corrected chi connectivity index (χ1v) is 6.43. The van der Waals surface area contributed by atoms with Gasteiger partial charge in [-0.3, -0.25) is 10.1 Å². The van der Waals surface area contributed by atoms with Crippen molar-refractivity contribution in [1.29, 1.82) is 0 Å². The van der Waals surface area contributed by atoms with Crippen LogP contribution >= 0.6 is 27.5 Å². The highest BCUT2D eigenvalue weighted by Crippen LogP contribution is 2.28. The molecule has 0 amide bonds. The van der Waals surface area contributed by atoms with Crippen LogP contribution in [0.4, 0.5) is 5.69 Å². The molecule has 0 unspecified atom stereocenters. The Bertz CT molecular complexity index is 585. The van der Waals surface area contributed by atoms with Gasteiger partial charge in [-0.15, -0.1) is 11.6 Å². The van der Waals surface area contributed by atoms with E-state index in [0.717, 1.165) is 11.3 Å². The number of rotatable bonds is 4. The third kappa shape index (κ3) is 2.70. The van der Waals surface area contributed by atoms with Crippen molar-refractivity contribution >= 4 is 33.2 Å². The van der Waals surface area contributed by atoms with Crippen molar-refractivity contribution in [3.63, 3.8) is 0 Å². The Morgan fingerprint density at radius 3 is 2.89 bits per heavy atom. The predicted octanol–water partition coefficient (Wildman–Crippen LogP) is 3.34. The monoisotopic (exact) mass is 329 g/mol. The summed E-state index contributed by atoms with van der Waals surface area (Å²) in [4.78, 5) is 14.5. The summed E-state index contributed by atoms with van der Waals surface area (Å²) in [5.41, 5.74) is 1.66. The number of alkyl halides is 1. The highest BCUT2D eigenvalue weighted by atomic mass is 79.9. The van der Waals surface area contributed by atoms with Crippen LogP contribution in [0.2, 0.25) is 0 Å². The lowest BCUT2D eigenvalue weighted by Gasteiger charge is -2.05. The maximum Gasteiger partial charge on any atom is 0.283 e. The topological polar surface area (TPSA) is 61.0 Å². The van der Waals surface area contributed by atoms with Gasteiger partial charge in [0, 0.05) is 18.8 Å². The minimum absolute atomic E-state index is 0.0604. The molecule has 0 N–H and O–H groups in total. The van der Waals surface area contributed by atoms with Crippen LogP contribution in [0, 0.1) is 10.1 Å². The van der Waals surface area contributed by atoms with Gasteiger partial charge in [-0.05, 0) is 21.5 Å². The molecule has 0 aliphatic rings. The van der Waals surface area contributed by atoms with Crippen molar-refractivity contribution in [3.8, 4) is 0 Å². The van der Waals surface area contributed by atoms with Gasteiger partial charge in [0.15, 0.2) is 0 Å². The molecule has 0 aliphatic heterocycles. The molecule has 1 aromatic heterocycles. The van der Waals surface area contributed by atoms with Gasteiger partial charge in [-0.25, -0.2) is 4.98 Å². The van der Waals surface area contributed by atoms with E-state index in [1.807, 2.05) is 16.8 Å². The average Bonchev–Trinajstić information content (AvgIpc) is 2.79. The van der Waals surface area contributed by atoms with Crippen molar-refractivity contribution in [2.24, 2.45) is 0 Å². The fourth-order valence-electron chi connectivity index (χ4n) is 1.59. The molecular weight excluding hydrogens is 321 g/mol. The fraction of sp³-hybridized carbons (Fsp3) is 0.182. The third-order valence-electron chi connectivity index (χ3n) is 2.43. The van der Waals surface area contributed by atoms with Crippen LogP contribution in [0.25, 0.3) is 0 Å². The molecular formula is C11H9BrClN3O2. The lowest BCUT2D eigenvalue weighted by Crippen LogP contribution is -1.99. The number of aromatic nitrogens is 2. The average molecular weight is 331 g/mol. The lowest BCUT2D eigenvalue weighted by atomic mass is 10.2. The minimum atomic E-state index is -0.411. The van der Waals surface area contributed by atoms with E-state index in [1.165, 1.54) is 6.07 Å². The Morgan fingerprint density at radius 2 is 2.28 bits per heavy atom. The zero-order chi connectivity index (χ0) is 13.1. The fourth-order valence-corrected chi connectivity index (χ4v) is 2.26. The molecule has 1 aromatic carbocycles.